The third-order valence-electron chi connectivity index (χ3n) is 4.53. The zero-order valence-electron chi connectivity index (χ0n) is 12.6. The van der Waals surface area contributed by atoms with E-state index in [-0.39, 0.29) is 23.9 Å². The van der Waals surface area contributed by atoms with E-state index in [9.17, 15) is 27.9 Å². The van der Waals surface area contributed by atoms with Crippen molar-refractivity contribution in [3.63, 3.8) is 0 Å². The highest BCUT2D eigenvalue weighted by Crippen LogP contribution is 2.44. The van der Waals surface area contributed by atoms with Crippen LogP contribution in [0.25, 0.3) is 0 Å². The number of aliphatic carboxylic acids is 1. The maximum atomic E-state index is 12.5. The number of nitrogens with zero attached hydrogens (tertiary/aromatic N) is 1. The van der Waals surface area contributed by atoms with Crippen LogP contribution in [0.15, 0.2) is 24.3 Å². The highest BCUT2D eigenvalue weighted by Gasteiger charge is 2.46. The Hall–Kier alpha value is -2.25. The van der Waals surface area contributed by atoms with Crippen molar-refractivity contribution in [3.05, 3.63) is 29.8 Å². The number of ether oxygens (including phenoxy) is 1. The standard InChI is InChI=1S/C16H16F3NO4/c17-16(18,19)24-11-5-3-10(4-6-11)14(21)20-7-12(9-1-2-9)13(8-20)15(22)23/h3-6,9,12-13H,1-2,7-8H2,(H,22,23)/t12-,13+/m1/s1. The van der Waals surface area contributed by atoms with Gasteiger partial charge in [0.15, 0.2) is 0 Å². The fourth-order valence-electron chi connectivity index (χ4n) is 3.24. The highest BCUT2D eigenvalue weighted by molar-refractivity contribution is 5.95. The van der Waals surface area contributed by atoms with Gasteiger partial charge in [-0.25, -0.2) is 0 Å². The maximum Gasteiger partial charge on any atom is 0.573 e. The largest absolute Gasteiger partial charge is 0.573 e. The summed E-state index contributed by atoms with van der Waals surface area (Å²) in [5, 5.41) is 9.31. The molecule has 130 valence electrons. The van der Waals surface area contributed by atoms with Crippen molar-refractivity contribution in [3.8, 4) is 5.75 Å². The third kappa shape index (κ3) is 3.63. The number of likely N-dealkylation sites (tertiary alicyclic amines) is 1. The van der Waals surface area contributed by atoms with Gasteiger partial charge in [-0.15, -0.1) is 13.2 Å². The average Bonchev–Trinajstić information content (AvgIpc) is 3.24. The molecule has 0 aromatic heterocycles. The van der Waals surface area contributed by atoms with Crippen LogP contribution in [-0.4, -0.2) is 41.3 Å². The molecular formula is C16H16F3NO4. The predicted molar refractivity (Wildman–Crippen MR) is 76.4 cm³/mol. The van der Waals surface area contributed by atoms with E-state index in [1.165, 1.54) is 17.0 Å². The summed E-state index contributed by atoms with van der Waals surface area (Å²) in [7, 11) is 0. The van der Waals surface area contributed by atoms with E-state index >= 15 is 0 Å². The zero-order chi connectivity index (χ0) is 17.5. The second kappa shape index (κ2) is 5.99. The van der Waals surface area contributed by atoms with Crippen molar-refractivity contribution in [1.29, 1.82) is 0 Å². The Labute approximate surface area is 136 Å². The Morgan fingerprint density at radius 1 is 1.12 bits per heavy atom. The average molecular weight is 343 g/mol. The summed E-state index contributed by atoms with van der Waals surface area (Å²) < 4.78 is 40.2. The molecule has 2 atom stereocenters. The summed E-state index contributed by atoms with van der Waals surface area (Å²) in [5.41, 5.74) is 0.213. The lowest BCUT2D eigenvalue weighted by molar-refractivity contribution is -0.274. The molecule has 8 heteroatoms. The molecule has 0 radical (unpaired) electrons. The summed E-state index contributed by atoms with van der Waals surface area (Å²) in [5.74, 6) is -1.95. The molecule has 1 aromatic carbocycles. The van der Waals surface area contributed by atoms with Crippen LogP contribution in [0, 0.1) is 17.8 Å². The molecule has 0 spiro atoms. The Bertz CT molecular complexity index is 640. The number of carbonyl (C=O) groups is 2. The van der Waals surface area contributed by atoms with Gasteiger partial charge in [0.1, 0.15) is 5.75 Å². The Morgan fingerprint density at radius 3 is 2.25 bits per heavy atom. The number of alkyl halides is 3. The molecule has 1 aromatic rings. The minimum absolute atomic E-state index is 0.0423. The Balaban J connectivity index is 1.69. The van der Waals surface area contributed by atoms with E-state index in [0.29, 0.717) is 12.5 Å². The number of carbonyl (C=O) groups excluding carboxylic acids is 1. The minimum atomic E-state index is -4.79. The monoisotopic (exact) mass is 343 g/mol. The van der Waals surface area contributed by atoms with E-state index in [1.807, 2.05) is 0 Å². The van der Waals surface area contributed by atoms with Gasteiger partial charge in [-0.3, -0.25) is 9.59 Å². The molecule has 24 heavy (non-hydrogen) atoms. The molecule has 3 rings (SSSR count). The number of hydrogen-bond donors (Lipinski definition) is 1. The van der Waals surface area contributed by atoms with Crippen molar-refractivity contribution < 1.29 is 32.6 Å². The molecule has 1 saturated heterocycles. The summed E-state index contributed by atoms with van der Waals surface area (Å²) in [4.78, 5) is 25.3. The van der Waals surface area contributed by atoms with Gasteiger partial charge in [0, 0.05) is 18.7 Å². The fraction of sp³-hybridized carbons (Fsp3) is 0.500. The number of carboxylic acids is 1. The topological polar surface area (TPSA) is 66.8 Å². The number of benzene rings is 1. The summed E-state index contributed by atoms with van der Waals surface area (Å²) in [6.45, 7) is 0.511. The Morgan fingerprint density at radius 2 is 1.75 bits per heavy atom. The highest BCUT2D eigenvalue weighted by atomic mass is 19.4. The van der Waals surface area contributed by atoms with Gasteiger partial charge in [-0.2, -0.15) is 0 Å². The molecule has 1 saturated carbocycles. The molecule has 1 aliphatic carbocycles. The summed E-state index contributed by atoms with van der Waals surface area (Å²) >= 11 is 0. The van der Waals surface area contributed by atoms with Crippen molar-refractivity contribution >= 4 is 11.9 Å². The smallest absolute Gasteiger partial charge is 0.481 e. The zero-order valence-corrected chi connectivity index (χ0v) is 12.6. The van der Waals surface area contributed by atoms with Crippen LogP contribution < -0.4 is 4.74 Å². The quantitative estimate of drug-likeness (QED) is 0.913. The van der Waals surface area contributed by atoms with E-state index in [4.69, 9.17) is 0 Å². The van der Waals surface area contributed by atoms with Crippen LogP contribution in [0.5, 0.6) is 5.75 Å². The number of hydrogen-bond acceptors (Lipinski definition) is 3. The lowest BCUT2D eigenvalue weighted by Gasteiger charge is -2.16. The molecule has 0 bridgehead atoms. The second-order valence-electron chi connectivity index (χ2n) is 6.23. The first-order chi connectivity index (χ1) is 11.2. The summed E-state index contributed by atoms with van der Waals surface area (Å²) in [6, 6.07) is 4.65. The summed E-state index contributed by atoms with van der Waals surface area (Å²) in [6.07, 6.45) is -2.81. The molecular weight excluding hydrogens is 327 g/mol. The molecule has 2 aliphatic rings. The maximum absolute atomic E-state index is 12.5. The van der Waals surface area contributed by atoms with Crippen LogP contribution in [-0.2, 0) is 4.79 Å². The van der Waals surface area contributed by atoms with Crippen molar-refractivity contribution in [2.45, 2.75) is 19.2 Å². The number of carboxylic acid groups (broad SMARTS) is 1. The Kier molecular flexibility index (Phi) is 4.15. The van der Waals surface area contributed by atoms with Gasteiger partial charge in [0.25, 0.3) is 5.91 Å². The first-order valence-corrected chi connectivity index (χ1v) is 7.62. The minimum Gasteiger partial charge on any atom is -0.481 e. The number of halogens is 3. The van der Waals surface area contributed by atoms with Gasteiger partial charge in [0.2, 0.25) is 0 Å². The van der Waals surface area contributed by atoms with Gasteiger partial charge in [0.05, 0.1) is 5.92 Å². The van der Waals surface area contributed by atoms with Crippen LogP contribution in [0.4, 0.5) is 13.2 Å². The predicted octanol–water partition coefficient (Wildman–Crippen LogP) is 2.77. The molecule has 5 nitrogen and oxygen atoms in total. The molecule has 1 heterocycles. The van der Waals surface area contributed by atoms with Crippen molar-refractivity contribution in [2.24, 2.45) is 17.8 Å². The normalized spacial score (nSPS) is 24.0. The number of amides is 1. The lowest BCUT2D eigenvalue weighted by atomic mass is 9.92. The molecule has 1 aliphatic heterocycles. The lowest BCUT2D eigenvalue weighted by Crippen LogP contribution is -2.29. The van der Waals surface area contributed by atoms with E-state index in [0.717, 1.165) is 25.0 Å². The van der Waals surface area contributed by atoms with Crippen LogP contribution in [0.3, 0.4) is 0 Å². The van der Waals surface area contributed by atoms with Crippen molar-refractivity contribution in [2.75, 3.05) is 13.1 Å². The van der Waals surface area contributed by atoms with E-state index < -0.39 is 24.0 Å². The molecule has 1 amide bonds. The van der Waals surface area contributed by atoms with Gasteiger partial charge in [-0.05, 0) is 48.9 Å². The van der Waals surface area contributed by atoms with Gasteiger partial charge < -0.3 is 14.7 Å². The van der Waals surface area contributed by atoms with E-state index in [1.54, 1.807) is 0 Å². The van der Waals surface area contributed by atoms with E-state index in [2.05, 4.69) is 4.74 Å². The first kappa shape index (κ1) is 16.6. The number of rotatable bonds is 4. The SMILES string of the molecule is O=C(O)[C@H]1CN(C(=O)c2ccc(OC(F)(F)F)cc2)C[C@@H]1C1CC1. The second-order valence-corrected chi connectivity index (χ2v) is 6.23. The molecule has 0 unspecified atom stereocenters. The van der Waals surface area contributed by atoms with Crippen LogP contribution in [0.2, 0.25) is 0 Å². The third-order valence-corrected chi connectivity index (χ3v) is 4.53. The van der Waals surface area contributed by atoms with Crippen LogP contribution >= 0.6 is 0 Å². The van der Waals surface area contributed by atoms with Gasteiger partial charge >= 0.3 is 12.3 Å². The molecule has 1 N–H and O–H groups in total. The first-order valence-electron chi connectivity index (χ1n) is 7.62. The van der Waals surface area contributed by atoms with Crippen molar-refractivity contribution in [1.82, 2.24) is 4.90 Å². The fourth-order valence-corrected chi connectivity index (χ4v) is 3.24. The van der Waals surface area contributed by atoms with Gasteiger partial charge in [-0.1, -0.05) is 0 Å². The molecule has 2 fully saturated rings. The van der Waals surface area contributed by atoms with Crippen LogP contribution in [0.1, 0.15) is 23.2 Å².